The number of hydrogen-bond donors (Lipinski definition) is 1. The average molecular weight is 408 g/mol. The van der Waals surface area contributed by atoms with Gasteiger partial charge in [-0.15, -0.1) is 0 Å². The molecule has 0 radical (unpaired) electrons. The highest BCUT2D eigenvalue weighted by Crippen LogP contribution is 2.29. The summed E-state index contributed by atoms with van der Waals surface area (Å²) in [5, 5.41) is 4.66. The molecule has 9 heteroatoms. The molecule has 0 fully saturated rings. The van der Waals surface area contributed by atoms with Crippen LogP contribution in [0.15, 0.2) is 59.8 Å². The molecular formula is C18H18ClN3O4S. The Bertz CT molecular complexity index is 1050. The highest BCUT2D eigenvalue weighted by molar-refractivity contribution is 7.92. The number of halogens is 1. The van der Waals surface area contributed by atoms with E-state index in [4.69, 9.17) is 21.1 Å². The molecule has 3 rings (SSSR count). The Morgan fingerprint density at radius 1 is 1.15 bits per heavy atom. The number of hydrogen-bond acceptors (Lipinski definition) is 5. The van der Waals surface area contributed by atoms with Crippen LogP contribution in [-0.4, -0.2) is 32.4 Å². The Hall–Kier alpha value is -2.71. The zero-order valence-corrected chi connectivity index (χ0v) is 16.3. The van der Waals surface area contributed by atoms with Gasteiger partial charge in [0.25, 0.3) is 10.0 Å². The van der Waals surface area contributed by atoms with Crippen LogP contribution < -0.4 is 14.2 Å². The fourth-order valence-corrected chi connectivity index (χ4v) is 3.94. The van der Waals surface area contributed by atoms with Crippen molar-refractivity contribution < 1.29 is 17.9 Å². The first-order valence-corrected chi connectivity index (χ1v) is 9.79. The van der Waals surface area contributed by atoms with E-state index >= 15 is 0 Å². The van der Waals surface area contributed by atoms with Gasteiger partial charge in [0.1, 0.15) is 16.4 Å². The average Bonchev–Trinajstić information content (AvgIpc) is 3.05. The van der Waals surface area contributed by atoms with E-state index in [9.17, 15) is 8.42 Å². The van der Waals surface area contributed by atoms with Crippen LogP contribution in [0.25, 0.3) is 0 Å². The van der Waals surface area contributed by atoms with Crippen LogP contribution in [0, 0.1) is 0 Å². The number of nitrogens with one attached hydrogen (secondary N) is 1. The first-order chi connectivity index (χ1) is 12.9. The fourth-order valence-electron chi connectivity index (χ4n) is 2.55. The molecule has 7 nitrogen and oxygen atoms in total. The zero-order chi connectivity index (χ0) is 19.4. The van der Waals surface area contributed by atoms with Crippen molar-refractivity contribution >= 4 is 27.3 Å². The lowest BCUT2D eigenvalue weighted by Crippen LogP contribution is -2.14. The second-order valence-electron chi connectivity index (χ2n) is 5.68. The van der Waals surface area contributed by atoms with Crippen molar-refractivity contribution in [1.82, 2.24) is 9.78 Å². The van der Waals surface area contributed by atoms with Gasteiger partial charge in [-0.1, -0.05) is 23.7 Å². The topological polar surface area (TPSA) is 82.5 Å². The first kappa shape index (κ1) is 19.1. The third kappa shape index (κ3) is 4.53. The third-order valence-electron chi connectivity index (χ3n) is 3.79. The van der Waals surface area contributed by atoms with Gasteiger partial charge in [-0.2, -0.15) is 5.10 Å². The number of sulfonamides is 1. The molecule has 0 atom stereocenters. The van der Waals surface area contributed by atoms with E-state index in [0.29, 0.717) is 23.0 Å². The SMILES string of the molecule is COc1ccc(OC)c(S(=O)(=O)Nc2cccc(Cn3cc(Cl)cn3)c2)c1. The van der Waals surface area contributed by atoms with Gasteiger partial charge >= 0.3 is 0 Å². The predicted molar refractivity (Wildman–Crippen MR) is 103 cm³/mol. The molecular weight excluding hydrogens is 390 g/mol. The first-order valence-electron chi connectivity index (χ1n) is 7.93. The lowest BCUT2D eigenvalue weighted by molar-refractivity contribution is 0.392. The van der Waals surface area contributed by atoms with Crippen LogP contribution >= 0.6 is 11.6 Å². The van der Waals surface area contributed by atoms with E-state index in [2.05, 4.69) is 9.82 Å². The van der Waals surface area contributed by atoms with Crippen molar-refractivity contribution in [2.75, 3.05) is 18.9 Å². The molecule has 0 amide bonds. The van der Waals surface area contributed by atoms with Gasteiger partial charge in [-0.3, -0.25) is 9.40 Å². The van der Waals surface area contributed by atoms with Crippen LogP contribution in [0.4, 0.5) is 5.69 Å². The second kappa shape index (κ2) is 7.89. The Balaban J connectivity index is 1.87. The molecule has 3 aromatic rings. The number of nitrogens with zero attached hydrogens (tertiary/aromatic N) is 2. The predicted octanol–water partition coefficient (Wildman–Crippen LogP) is 3.40. The van der Waals surface area contributed by atoms with Gasteiger partial charge < -0.3 is 9.47 Å². The Labute approximate surface area is 162 Å². The standard InChI is InChI=1S/C18H18ClN3O4S/c1-25-16-6-7-17(26-2)18(9-16)27(23,24)21-15-5-3-4-13(8-15)11-22-12-14(19)10-20-22/h3-10,12,21H,11H2,1-2H3. The molecule has 0 spiro atoms. The van der Waals surface area contributed by atoms with Crippen LogP contribution in [0.3, 0.4) is 0 Å². The number of benzene rings is 2. The van der Waals surface area contributed by atoms with Crippen molar-refractivity contribution in [3.63, 3.8) is 0 Å². The van der Waals surface area contributed by atoms with Gasteiger partial charge in [0.15, 0.2) is 0 Å². The van der Waals surface area contributed by atoms with Crippen molar-refractivity contribution in [1.29, 1.82) is 0 Å². The number of aromatic nitrogens is 2. The minimum absolute atomic E-state index is 0.00592. The molecule has 1 aromatic heterocycles. The summed E-state index contributed by atoms with van der Waals surface area (Å²) < 4.78 is 40.2. The molecule has 142 valence electrons. The van der Waals surface area contributed by atoms with E-state index in [1.807, 2.05) is 6.07 Å². The van der Waals surface area contributed by atoms with Gasteiger partial charge in [0, 0.05) is 18.0 Å². The molecule has 27 heavy (non-hydrogen) atoms. The van der Waals surface area contributed by atoms with Gasteiger partial charge in [0.05, 0.1) is 32.0 Å². The van der Waals surface area contributed by atoms with Crippen LogP contribution in [0.5, 0.6) is 11.5 Å². The largest absolute Gasteiger partial charge is 0.497 e. The molecule has 0 aliphatic heterocycles. The monoisotopic (exact) mass is 407 g/mol. The van der Waals surface area contributed by atoms with E-state index in [1.165, 1.54) is 20.3 Å². The molecule has 2 aromatic carbocycles. The maximum atomic E-state index is 12.8. The van der Waals surface area contributed by atoms with Crippen LogP contribution in [0.2, 0.25) is 5.02 Å². The number of ether oxygens (including phenoxy) is 2. The van der Waals surface area contributed by atoms with Crippen molar-refractivity contribution in [3.8, 4) is 11.5 Å². The smallest absolute Gasteiger partial charge is 0.265 e. The van der Waals surface area contributed by atoms with E-state index in [1.54, 1.807) is 47.4 Å². The fraction of sp³-hybridized carbons (Fsp3) is 0.167. The Morgan fingerprint density at radius 2 is 1.96 bits per heavy atom. The van der Waals surface area contributed by atoms with Crippen molar-refractivity contribution in [3.05, 3.63) is 65.4 Å². The molecule has 0 aliphatic carbocycles. The molecule has 0 saturated heterocycles. The minimum Gasteiger partial charge on any atom is -0.497 e. The van der Waals surface area contributed by atoms with E-state index in [0.717, 1.165) is 5.56 Å². The van der Waals surface area contributed by atoms with Gasteiger partial charge in [0.2, 0.25) is 0 Å². The molecule has 1 heterocycles. The van der Waals surface area contributed by atoms with Gasteiger partial charge in [-0.25, -0.2) is 8.42 Å². The maximum Gasteiger partial charge on any atom is 0.265 e. The van der Waals surface area contributed by atoms with Crippen LogP contribution in [-0.2, 0) is 16.6 Å². The lowest BCUT2D eigenvalue weighted by atomic mass is 10.2. The van der Waals surface area contributed by atoms with Crippen molar-refractivity contribution in [2.45, 2.75) is 11.4 Å². The highest BCUT2D eigenvalue weighted by atomic mass is 35.5. The zero-order valence-electron chi connectivity index (χ0n) is 14.7. The third-order valence-corrected chi connectivity index (χ3v) is 5.38. The maximum absolute atomic E-state index is 12.8. The van der Waals surface area contributed by atoms with E-state index < -0.39 is 10.0 Å². The minimum atomic E-state index is -3.87. The van der Waals surface area contributed by atoms with Crippen molar-refractivity contribution in [2.24, 2.45) is 0 Å². The number of anilines is 1. The summed E-state index contributed by atoms with van der Waals surface area (Å²) in [6, 6.07) is 11.6. The Kier molecular flexibility index (Phi) is 5.57. The quantitative estimate of drug-likeness (QED) is 0.649. The molecule has 0 bridgehead atoms. The summed E-state index contributed by atoms with van der Waals surface area (Å²) in [4.78, 5) is -0.00592. The van der Waals surface area contributed by atoms with Gasteiger partial charge in [-0.05, 0) is 29.8 Å². The normalized spacial score (nSPS) is 11.2. The molecule has 1 N–H and O–H groups in total. The summed E-state index contributed by atoms with van der Waals surface area (Å²) in [6.45, 7) is 0.463. The lowest BCUT2D eigenvalue weighted by Gasteiger charge is -2.13. The van der Waals surface area contributed by atoms with Crippen LogP contribution in [0.1, 0.15) is 5.56 Å². The molecule has 0 saturated carbocycles. The molecule has 0 unspecified atom stereocenters. The number of rotatable bonds is 7. The highest BCUT2D eigenvalue weighted by Gasteiger charge is 2.21. The van der Waals surface area contributed by atoms with E-state index in [-0.39, 0.29) is 10.6 Å². The number of methoxy groups -OCH3 is 2. The Morgan fingerprint density at radius 3 is 2.63 bits per heavy atom. The summed E-state index contributed by atoms with van der Waals surface area (Å²) in [5.41, 5.74) is 1.29. The second-order valence-corrected chi connectivity index (χ2v) is 7.77. The summed E-state index contributed by atoms with van der Waals surface area (Å²) >= 11 is 5.87. The summed E-state index contributed by atoms with van der Waals surface area (Å²) in [5.74, 6) is 0.645. The molecule has 0 aliphatic rings. The summed E-state index contributed by atoms with van der Waals surface area (Å²) in [6.07, 6.45) is 3.24. The summed E-state index contributed by atoms with van der Waals surface area (Å²) in [7, 11) is -0.990.